The van der Waals surface area contributed by atoms with Crippen LogP contribution in [-0.2, 0) is 16.0 Å². The highest BCUT2D eigenvalue weighted by molar-refractivity contribution is 5.73. The standard InChI is InChI=1S/C26H26N2O4/c1-15-26(16(2)28-14-27-15)22-6-4-5-21-20(22)9-10-23(21)32-18-7-8-19-17(11-25(29)30-3)13-31-24(19)12-18/h4-8,12,14,17,23H,9-11,13H2,1-3H3/t17?,23-/m1/s1. The van der Waals surface area contributed by atoms with Crippen LogP contribution in [0.25, 0.3) is 11.1 Å². The molecule has 1 unspecified atom stereocenters. The molecule has 0 amide bonds. The minimum atomic E-state index is -0.223. The molecule has 32 heavy (non-hydrogen) atoms. The fraction of sp³-hybridized carbons (Fsp3) is 0.346. The number of carbonyl (C=O) groups is 1. The summed E-state index contributed by atoms with van der Waals surface area (Å²) in [7, 11) is 1.41. The van der Waals surface area contributed by atoms with Crippen LogP contribution >= 0.6 is 0 Å². The van der Waals surface area contributed by atoms with Crippen molar-refractivity contribution >= 4 is 5.97 Å². The number of esters is 1. The molecular weight excluding hydrogens is 404 g/mol. The summed E-state index contributed by atoms with van der Waals surface area (Å²) in [6.45, 7) is 4.55. The molecule has 0 fully saturated rings. The van der Waals surface area contributed by atoms with Crippen molar-refractivity contribution in [1.29, 1.82) is 0 Å². The molecule has 164 valence electrons. The number of aromatic nitrogens is 2. The third-order valence-corrected chi connectivity index (χ3v) is 6.50. The summed E-state index contributed by atoms with van der Waals surface area (Å²) in [5, 5.41) is 0. The van der Waals surface area contributed by atoms with Crippen LogP contribution in [0.3, 0.4) is 0 Å². The van der Waals surface area contributed by atoms with E-state index in [1.165, 1.54) is 23.8 Å². The second-order valence-electron chi connectivity index (χ2n) is 8.43. The molecule has 1 aromatic heterocycles. The first kappa shape index (κ1) is 20.5. The van der Waals surface area contributed by atoms with Crippen molar-refractivity contribution in [2.24, 2.45) is 0 Å². The summed E-state index contributed by atoms with van der Waals surface area (Å²) in [5.41, 5.74) is 7.87. The van der Waals surface area contributed by atoms with Crippen molar-refractivity contribution in [2.75, 3.05) is 13.7 Å². The number of aryl methyl sites for hydroxylation is 2. The zero-order valence-corrected chi connectivity index (χ0v) is 18.6. The lowest BCUT2D eigenvalue weighted by atomic mass is 9.95. The minimum absolute atomic E-state index is 0.0134. The Bertz CT molecular complexity index is 1170. The van der Waals surface area contributed by atoms with E-state index in [2.05, 4.69) is 28.2 Å². The first-order valence-electron chi connectivity index (χ1n) is 11.0. The van der Waals surface area contributed by atoms with E-state index in [1.54, 1.807) is 6.33 Å². The monoisotopic (exact) mass is 430 g/mol. The smallest absolute Gasteiger partial charge is 0.306 e. The largest absolute Gasteiger partial charge is 0.492 e. The second-order valence-corrected chi connectivity index (χ2v) is 8.43. The van der Waals surface area contributed by atoms with E-state index in [0.29, 0.717) is 13.0 Å². The van der Waals surface area contributed by atoms with Crippen LogP contribution in [0, 0.1) is 13.8 Å². The quantitative estimate of drug-likeness (QED) is 0.538. The highest BCUT2D eigenvalue weighted by Gasteiger charge is 2.30. The van der Waals surface area contributed by atoms with Crippen LogP contribution in [0.5, 0.6) is 11.5 Å². The number of rotatable bonds is 5. The summed E-state index contributed by atoms with van der Waals surface area (Å²) in [4.78, 5) is 20.5. The van der Waals surface area contributed by atoms with Crippen molar-refractivity contribution in [3.8, 4) is 22.6 Å². The van der Waals surface area contributed by atoms with Gasteiger partial charge in [-0.15, -0.1) is 0 Å². The average molecular weight is 431 g/mol. The fourth-order valence-electron chi connectivity index (χ4n) is 4.90. The van der Waals surface area contributed by atoms with Crippen molar-refractivity contribution in [3.05, 3.63) is 70.8 Å². The second kappa shape index (κ2) is 8.26. The van der Waals surface area contributed by atoms with Crippen LogP contribution in [0.1, 0.15) is 52.9 Å². The van der Waals surface area contributed by atoms with Crippen molar-refractivity contribution in [3.63, 3.8) is 0 Å². The molecular formula is C26H26N2O4. The predicted molar refractivity (Wildman–Crippen MR) is 120 cm³/mol. The highest BCUT2D eigenvalue weighted by Crippen LogP contribution is 2.43. The van der Waals surface area contributed by atoms with Gasteiger partial charge in [-0.05, 0) is 49.4 Å². The molecule has 0 radical (unpaired) electrons. The molecule has 6 nitrogen and oxygen atoms in total. The summed E-state index contributed by atoms with van der Waals surface area (Å²) >= 11 is 0. The molecule has 0 spiro atoms. The van der Waals surface area contributed by atoms with Gasteiger partial charge in [0.1, 0.15) is 23.9 Å². The Morgan fingerprint density at radius 2 is 1.94 bits per heavy atom. The average Bonchev–Trinajstić information content (AvgIpc) is 3.38. The number of hydrogen-bond donors (Lipinski definition) is 0. The topological polar surface area (TPSA) is 70.5 Å². The van der Waals surface area contributed by atoms with E-state index >= 15 is 0 Å². The Kier molecular flexibility index (Phi) is 5.29. The predicted octanol–water partition coefficient (Wildman–Crippen LogP) is 4.87. The maximum atomic E-state index is 11.7. The Labute approximate surface area is 187 Å². The van der Waals surface area contributed by atoms with Gasteiger partial charge >= 0.3 is 5.97 Å². The number of hydrogen-bond acceptors (Lipinski definition) is 6. The zero-order valence-electron chi connectivity index (χ0n) is 18.6. The molecule has 1 aliphatic heterocycles. The van der Waals surface area contributed by atoms with Gasteiger partial charge in [0.2, 0.25) is 0 Å². The molecule has 0 bridgehead atoms. The fourth-order valence-corrected chi connectivity index (χ4v) is 4.90. The van der Waals surface area contributed by atoms with Gasteiger partial charge < -0.3 is 14.2 Å². The molecule has 6 heteroatoms. The van der Waals surface area contributed by atoms with Gasteiger partial charge in [0, 0.05) is 34.5 Å². The minimum Gasteiger partial charge on any atom is -0.492 e. The van der Waals surface area contributed by atoms with Crippen LogP contribution in [0.2, 0.25) is 0 Å². The van der Waals surface area contributed by atoms with Crippen molar-refractivity contribution in [2.45, 2.75) is 45.1 Å². The molecule has 2 aliphatic rings. The Morgan fingerprint density at radius 3 is 2.72 bits per heavy atom. The maximum absolute atomic E-state index is 11.7. The lowest BCUT2D eigenvalue weighted by molar-refractivity contribution is -0.141. The number of ether oxygens (including phenoxy) is 3. The summed E-state index contributed by atoms with van der Waals surface area (Å²) in [6, 6.07) is 12.3. The van der Waals surface area contributed by atoms with Gasteiger partial charge in [0.15, 0.2) is 0 Å². The molecule has 2 atom stereocenters. The summed E-state index contributed by atoms with van der Waals surface area (Å²) in [5.74, 6) is 1.37. The SMILES string of the molecule is COC(=O)CC1COc2cc(O[C@@H]3CCc4c(-c5c(C)ncnc5C)cccc43)ccc21. The highest BCUT2D eigenvalue weighted by atomic mass is 16.5. The van der Waals surface area contributed by atoms with E-state index in [4.69, 9.17) is 14.2 Å². The first-order chi connectivity index (χ1) is 15.5. The summed E-state index contributed by atoms with van der Waals surface area (Å²) in [6.07, 6.45) is 3.80. The number of benzene rings is 2. The van der Waals surface area contributed by atoms with Crippen molar-refractivity contribution in [1.82, 2.24) is 9.97 Å². The van der Waals surface area contributed by atoms with Crippen LogP contribution in [0.15, 0.2) is 42.7 Å². The van der Waals surface area contributed by atoms with Gasteiger partial charge in [-0.25, -0.2) is 9.97 Å². The first-order valence-corrected chi connectivity index (χ1v) is 11.0. The molecule has 2 heterocycles. The van der Waals surface area contributed by atoms with Crippen LogP contribution in [0.4, 0.5) is 0 Å². The maximum Gasteiger partial charge on any atom is 0.306 e. The van der Waals surface area contributed by atoms with Gasteiger partial charge in [0.05, 0.1) is 20.1 Å². The third kappa shape index (κ3) is 3.60. The number of methoxy groups -OCH3 is 1. The molecule has 0 N–H and O–H groups in total. The van der Waals surface area contributed by atoms with E-state index in [0.717, 1.165) is 46.9 Å². The lowest BCUT2D eigenvalue weighted by Crippen LogP contribution is -2.09. The Balaban J connectivity index is 1.39. The van der Waals surface area contributed by atoms with E-state index in [-0.39, 0.29) is 18.0 Å². The van der Waals surface area contributed by atoms with E-state index < -0.39 is 0 Å². The van der Waals surface area contributed by atoms with Crippen LogP contribution < -0.4 is 9.47 Å². The number of fused-ring (bicyclic) bond motifs is 2. The van der Waals surface area contributed by atoms with Crippen molar-refractivity contribution < 1.29 is 19.0 Å². The van der Waals surface area contributed by atoms with Gasteiger partial charge in [-0.3, -0.25) is 4.79 Å². The Hall–Kier alpha value is -3.41. The number of nitrogens with zero attached hydrogens (tertiary/aromatic N) is 2. The van der Waals surface area contributed by atoms with Gasteiger partial charge in [-0.1, -0.05) is 24.3 Å². The van der Waals surface area contributed by atoms with Crippen LogP contribution in [-0.4, -0.2) is 29.7 Å². The molecule has 0 saturated heterocycles. The molecule has 1 aliphatic carbocycles. The third-order valence-electron chi connectivity index (χ3n) is 6.50. The molecule has 5 rings (SSSR count). The van der Waals surface area contributed by atoms with Gasteiger partial charge in [0.25, 0.3) is 0 Å². The molecule has 0 saturated carbocycles. The molecule has 2 aromatic carbocycles. The molecule has 3 aromatic rings. The van der Waals surface area contributed by atoms with E-state index in [1.807, 2.05) is 32.0 Å². The van der Waals surface area contributed by atoms with E-state index in [9.17, 15) is 4.79 Å². The number of carbonyl (C=O) groups excluding carboxylic acids is 1. The van der Waals surface area contributed by atoms with Gasteiger partial charge in [-0.2, -0.15) is 0 Å². The zero-order chi connectivity index (χ0) is 22.2. The normalized spacial score (nSPS) is 18.6. The lowest BCUT2D eigenvalue weighted by Gasteiger charge is -2.17. The Morgan fingerprint density at radius 1 is 1.12 bits per heavy atom. The summed E-state index contributed by atoms with van der Waals surface area (Å²) < 4.78 is 17.0.